The van der Waals surface area contributed by atoms with Gasteiger partial charge >= 0.3 is 5.69 Å². The van der Waals surface area contributed by atoms with Gasteiger partial charge in [0.15, 0.2) is 11.4 Å². The van der Waals surface area contributed by atoms with E-state index in [4.69, 9.17) is 9.47 Å². The van der Waals surface area contributed by atoms with Gasteiger partial charge in [-0.3, -0.25) is 9.13 Å². The van der Waals surface area contributed by atoms with Crippen molar-refractivity contribution < 1.29 is 22.3 Å². The predicted molar refractivity (Wildman–Crippen MR) is 135 cm³/mol. The Bertz CT molecular complexity index is 1610. The second-order valence-electron chi connectivity index (χ2n) is 8.45. The van der Waals surface area contributed by atoms with Crippen LogP contribution in [0.3, 0.4) is 0 Å². The summed E-state index contributed by atoms with van der Waals surface area (Å²) in [6.07, 6.45) is 2.59. The maximum absolute atomic E-state index is 14.5. The molecule has 0 radical (unpaired) electrons. The molecule has 9 nitrogen and oxygen atoms in total. The van der Waals surface area contributed by atoms with Gasteiger partial charge in [0.2, 0.25) is 0 Å². The lowest BCUT2D eigenvalue weighted by Crippen LogP contribution is -2.31. The van der Waals surface area contributed by atoms with Crippen LogP contribution in [0.1, 0.15) is 24.2 Å². The van der Waals surface area contributed by atoms with E-state index in [9.17, 15) is 17.6 Å². The SMILES string of the molecule is CCOc1nc([C@@H](CS(C)(=O)=O)n2c(=O)n(C)c3c(C)c(-c4ccccc4F)cnc32)ccc1OC. The molecule has 3 aromatic heterocycles. The Labute approximate surface area is 208 Å². The largest absolute Gasteiger partial charge is 0.491 e. The molecule has 0 fully saturated rings. The molecule has 3 heterocycles. The summed E-state index contributed by atoms with van der Waals surface area (Å²) in [5.74, 6) is -0.234. The number of imidazole rings is 1. The number of aryl methyl sites for hydroxylation is 2. The molecule has 1 aromatic carbocycles. The van der Waals surface area contributed by atoms with Gasteiger partial charge < -0.3 is 9.47 Å². The Balaban J connectivity index is 1.99. The normalized spacial score (nSPS) is 12.6. The number of hydrogen-bond acceptors (Lipinski definition) is 7. The van der Waals surface area contributed by atoms with Gasteiger partial charge in [-0.25, -0.2) is 27.6 Å². The molecule has 11 heteroatoms. The monoisotopic (exact) mass is 514 g/mol. The van der Waals surface area contributed by atoms with E-state index in [2.05, 4.69) is 9.97 Å². The van der Waals surface area contributed by atoms with Crippen molar-refractivity contribution in [1.29, 1.82) is 0 Å². The van der Waals surface area contributed by atoms with Crippen LogP contribution in [0.15, 0.2) is 47.4 Å². The first-order valence-electron chi connectivity index (χ1n) is 11.2. The molecule has 0 amide bonds. The molecule has 4 aromatic rings. The second-order valence-corrected chi connectivity index (χ2v) is 10.6. The van der Waals surface area contributed by atoms with Crippen molar-refractivity contribution in [1.82, 2.24) is 19.1 Å². The molecule has 4 rings (SSSR count). The maximum Gasteiger partial charge on any atom is 0.330 e. The first-order valence-corrected chi connectivity index (χ1v) is 13.3. The molecule has 0 saturated heterocycles. The average Bonchev–Trinajstić information content (AvgIpc) is 3.08. The van der Waals surface area contributed by atoms with Gasteiger partial charge in [-0.2, -0.15) is 0 Å². The van der Waals surface area contributed by atoms with Crippen LogP contribution in [-0.4, -0.2) is 53.2 Å². The molecule has 0 spiro atoms. The third-order valence-electron chi connectivity index (χ3n) is 5.97. The quantitative estimate of drug-likeness (QED) is 0.355. The lowest BCUT2D eigenvalue weighted by atomic mass is 10.0. The summed E-state index contributed by atoms with van der Waals surface area (Å²) in [5, 5.41) is 0. The molecular weight excluding hydrogens is 487 g/mol. The van der Waals surface area contributed by atoms with Crippen molar-refractivity contribution in [2.75, 3.05) is 25.7 Å². The van der Waals surface area contributed by atoms with Crippen LogP contribution in [-0.2, 0) is 16.9 Å². The summed E-state index contributed by atoms with van der Waals surface area (Å²) >= 11 is 0. The van der Waals surface area contributed by atoms with Crippen molar-refractivity contribution >= 4 is 21.0 Å². The van der Waals surface area contributed by atoms with E-state index in [-0.39, 0.29) is 11.5 Å². The Kier molecular flexibility index (Phi) is 6.85. The van der Waals surface area contributed by atoms with E-state index in [1.165, 1.54) is 28.5 Å². The maximum atomic E-state index is 14.5. The number of ether oxygens (including phenoxy) is 2. The topological polar surface area (TPSA) is 105 Å². The molecule has 0 aliphatic carbocycles. The highest BCUT2D eigenvalue weighted by Crippen LogP contribution is 2.33. The zero-order valence-electron chi connectivity index (χ0n) is 20.6. The number of halogens is 1. The minimum atomic E-state index is -3.56. The summed E-state index contributed by atoms with van der Waals surface area (Å²) in [7, 11) is -0.512. The summed E-state index contributed by atoms with van der Waals surface area (Å²) in [6.45, 7) is 3.88. The first-order chi connectivity index (χ1) is 17.1. The van der Waals surface area contributed by atoms with E-state index in [1.807, 2.05) is 0 Å². The van der Waals surface area contributed by atoms with Crippen LogP contribution < -0.4 is 15.2 Å². The third kappa shape index (κ3) is 4.58. The summed E-state index contributed by atoms with van der Waals surface area (Å²) < 4.78 is 53.0. The van der Waals surface area contributed by atoms with E-state index in [1.54, 1.807) is 51.2 Å². The summed E-state index contributed by atoms with van der Waals surface area (Å²) in [5.41, 5.74) is 2.10. The zero-order chi connectivity index (χ0) is 26.2. The van der Waals surface area contributed by atoms with Crippen molar-refractivity contribution in [2.45, 2.75) is 19.9 Å². The lowest BCUT2D eigenvalue weighted by Gasteiger charge is -2.19. The highest BCUT2D eigenvalue weighted by atomic mass is 32.2. The number of sulfone groups is 1. The fourth-order valence-corrected chi connectivity index (χ4v) is 5.23. The fraction of sp³-hybridized carbons (Fsp3) is 0.320. The van der Waals surface area contributed by atoms with Gasteiger partial charge in [0.25, 0.3) is 5.88 Å². The minimum Gasteiger partial charge on any atom is -0.491 e. The number of pyridine rings is 2. The third-order valence-corrected chi connectivity index (χ3v) is 6.89. The molecule has 0 bridgehead atoms. The van der Waals surface area contributed by atoms with Gasteiger partial charge in [0.1, 0.15) is 15.7 Å². The molecule has 0 N–H and O–H groups in total. The lowest BCUT2D eigenvalue weighted by molar-refractivity contribution is 0.296. The number of aromatic nitrogens is 4. The van der Waals surface area contributed by atoms with Crippen LogP contribution in [0.5, 0.6) is 11.6 Å². The molecule has 0 aliphatic heterocycles. The molecule has 0 aliphatic rings. The molecule has 1 atom stereocenters. The number of hydrogen-bond donors (Lipinski definition) is 0. The first kappa shape index (κ1) is 25.4. The highest BCUT2D eigenvalue weighted by Gasteiger charge is 2.29. The van der Waals surface area contributed by atoms with Crippen LogP contribution in [0, 0.1) is 12.7 Å². The van der Waals surface area contributed by atoms with Crippen molar-refractivity contribution in [3.63, 3.8) is 0 Å². The van der Waals surface area contributed by atoms with Gasteiger partial charge in [-0.1, -0.05) is 18.2 Å². The van der Waals surface area contributed by atoms with Gasteiger partial charge in [-0.05, 0) is 37.6 Å². The van der Waals surface area contributed by atoms with Crippen LogP contribution in [0.2, 0.25) is 0 Å². The Morgan fingerprint density at radius 1 is 1.14 bits per heavy atom. The number of nitrogens with zero attached hydrogens (tertiary/aromatic N) is 4. The van der Waals surface area contributed by atoms with Gasteiger partial charge in [-0.15, -0.1) is 0 Å². The molecule has 190 valence electrons. The number of rotatable bonds is 8. The average molecular weight is 515 g/mol. The highest BCUT2D eigenvalue weighted by molar-refractivity contribution is 7.90. The Hall–Kier alpha value is -3.73. The molecule has 0 saturated carbocycles. The van der Waals surface area contributed by atoms with Crippen molar-refractivity contribution in [2.24, 2.45) is 7.05 Å². The van der Waals surface area contributed by atoms with Crippen LogP contribution >= 0.6 is 0 Å². The summed E-state index contributed by atoms with van der Waals surface area (Å²) in [6, 6.07) is 8.55. The molecule has 0 unspecified atom stereocenters. The Morgan fingerprint density at radius 2 is 1.86 bits per heavy atom. The smallest absolute Gasteiger partial charge is 0.330 e. The molecular formula is C25H27FN4O5S. The standard InChI is InChI=1S/C25H27FN4O5S/c1-6-35-24-21(34-4)12-11-19(28-24)20(14-36(5,32)33)30-23-22(29(3)25(30)31)15(2)17(13-27-23)16-9-7-8-10-18(16)26/h7-13,20H,6,14H2,1-5H3/t20-/m1/s1. The number of benzene rings is 1. The van der Waals surface area contributed by atoms with Crippen molar-refractivity contribution in [3.05, 3.63) is 70.2 Å². The van der Waals surface area contributed by atoms with Gasteiger partial charge in [0, 0.05) is 30.6 Å². The van der Waals surface area contributed by atoms with Gasteiger partial charge in [0.05, 0.1) is 36.7 Å². The number of fused-ring (bicyclic) bond motifs is 1. The van der Waals surface area contributed by atoms with E-state index in [0.29, 0.717) is 40.3 Å². The van der Waals surface area contributed by atoms with E-state index < -0.39 is 33.1 Å². The minimum absolute atomic E-state index is 0.190. The van der Waals surface area contributed by atoms with Crippen LogP contribution in [0.4, 0.5) is 4.39 Å². The molecule has 36 heavy (non-hydrogen) atoms. The van der Waals surface area contributed by atoms with Crippen molar-refractivity contribution in [3.8, 4) is 22.8 Å². The second kappa shape index (κ2) is 9.73. The predicted octanol–water partition coefficient (Wildman–Crippen LogP) is 3.29. The Morgan fingerprint density at radius 3 is 2.50 bits per heavy atom. The summed E-state index contributed by atoms with van der Waals surface area (Å²) in [4.78, 5) is 22.5. The van der Waals surface area contributed by atoms with Crippen LogP contribution in [0.25, 0.3) is 22.3 Å². The fourth-order valence-electron chi connectivity index (χ4n) is 4.34. The van der Waals surface area contributed by atoms with E-state index >= 15 is 0 Å². The van der Waals surface area contributed by atoms with E-state index in [0.717, 1.165) is 6.26 Å². The number of methoxy groups -OCH3 is 1. The zero-order valence-corrected chi connectivity index (χ0v) is 21.5.